The number of hydrogen-bond donors (Lipinski definition) is 1. The lowest BCUT2D eigenvalue weighted by Gasteiger charge is -2.23. The number of thiocarbonyl (C=S) groups is 1. The van der Waals surface area contributed by atoms with E-state index in [4.69, 9.17) is 18.0 Å². The first-order chi connectivity index (χ1) is 9.13. The Morgan fingerprint density at radius 3 is 2.53 bits per heavy atom. The molecule has 0 aliphatic heterocycles. The van der Waals surface area contributed by atoms with Gasteiger partial charge < -0.3 is 10.6 Å². The molecule has 0 amide bonds. The maximum atomic E-state index is 5.75. The topological polar surface area (TPSA) is 55.0 Å². The highest BCUT2D eigenvalue weighted by Gasteiger charge is 2.15. The molecule has 0 atom stereocenters. The van der Waals surface area contributed by atoms with Gasteiger partial charge in [0.25, 0.3) is 0 Å². The average Bonchev–Trinajstić information content (AvgIpc) is 2.42. The number of nitrogens with zero attached hydrogens (tertiary/aromatic N) is 3. The molecule has 0 saturated carbocycles. The fraction of sp³-hybridized carbons (Fsp3) is 0.214. The maximum Gasteiger partial charge on any atom is 0.165 e. The van der Waals surface area contributed by atoms with Gasteiger partial charge in [0.2, 0.25) is 0 Å². The molecule has 0 aliphatic rings. The molecule has 0 saturated heterocycles. The smallest absolute Gasteiger partial charge is 0.165 e. The minimum Gasteiger partial charge on any atom is -0.389 e. The number of nitrogens with two attached hydrogens (primary N) is 1. The summed E-state index contributed by atoms with van der Waals surface area (Å²) < 4.78 is 0. The molecule has 1 aromatic carbocycles. The van der Waals surface area contributed by atoms with Crippen molar-refractivity contribution in [2.75, 3.05) is 11.4 Å². The Kier molecular flexibility index (Phi) is 4.06. The van der Waals surface area contributed by atoms with Crippen LogP contribution in [-0.4, -0.2) is 21.7 Å². The zero-order valence-corrected chi connectivity index (χ0v) is 11.8. The molecular weight excluding hydrogens is 256 g/mol. The first-order valence-corrected chi connectivity index (χ1v) is 6.50. The Morgan fingerprint density at radius 2 is 1.95 bits per heavy atom. The predicted molar refractivity (Wildman–Crippen MR) is 81.8 cm³/mol. The lowest BCUT2D eigenvalue weighted by atomic mass is 10.2. The molecule has 4 nitrogen and oxygen atoms in total. The molecule has 5 heteroatoms. The lowest BCUT2D eigenvalue weighted by molar-refractivity contribution is 0.929. The average molecular weight is 272 g/mol. The molecular formula is C14H16N4S. The van der Waals surface area contributed by atoms with E-state index in [-0.39, 0.29) is 0 Å². The Hall–Kier alpha value is -2.01. The Balaban J connectivity index is 2.48. The van der Waals surface area contributed by atoms with Crippen LogP contribution >= 0.6 is 12.2 Å². The minimum absolute atomic E-state index is 0.329. The molecule has 0 unspecified atom stereocenters. The molecule has 0 spiro atoms. The van der Waals surface area contributed by atoms with Crippen molar-refractivity contribution < 1.29 is 0 Å². The molecule has 0 radical (unpaired) electrons. The number of rotatable bonds is 4. The molecule has 2 aromatic rings. The third-order valence-corrected chi connectivity index (χ3v) is 3.10. The van der Waals surface area contributed by atoms with Gasteiger partial charge in [-0.2, -0.15) is 5.10 Å². The Labute approximate surface area is 118 Å². The summed E-state index contributed by atoms with van der Waals surface area (Å²) in [5.41, 5.74) is 8.75. The van der Waals surface area contributed by atoms with Gasteiger partial charge in [-0.3, -0.25) is 0 Å². The summed E-state index contributed by atoms with van der Waals surface area (Å²) >= 11 is 5.07. The van der Waals surface area contributed by atoms with Gasteiger partial charge in [-0.05, 0) is 32.0 Å². The van der Waals surface area contributed by atoms with Gasteiger partial charge >= 0.3 is 0 Å². The van der Waals surface area contributed by atoms with E-state index in [1.54, 1.807) is 12.3 Å². The van der Waals surface area contributed by atoms with Crippen LogP contribution in [0.2, 0.25) is 0 Å². The first kappa shape index (κ1) is 13.4. The van der Waals surface area contributed by atoms with Gasteiger partial charge in [-0.25, -0.2) is 0 Å². The van der Waals surface area contributed by atoms with E-state index in [0.717, 1.165) is 17.8 Å². The van der Waals surface area contributed by atoms with Gasteiger partial charge in [-0.1, -0.05) is 29.9 Å². The van der Waals surface area contributed by atoms with Gasteiger partial charge in [0.05, 0.1) is 11.8 Å². The van der Waals surface area contributed by atoms with Crippen molar-refractivity contribution in [3.8, 4) is 0 Å². The number of aryl methyl sites for hydroxylation is 1. The van der Waals surface area contributed by atoms with Gasteiger partial charge in [0, 0.05) is 12.2 Å². The second kappa shape index (κ2) is 5.75. The lowest BCUT2D eigenvalue weighted by Crippen LogP contribution is -2.23. The van der Waals surface area contributed by atoms with E-state index in [1.807, 2.05) is 4.90 Å². The predicted octanol–water partition coefficient (Wildman–Crippen LogP) is 2.58. The summed E-state index contributed by atoms with van der Waals surface area (Å²) in [7, 11) is 0. The molecule has 2 rings (SSSR count). The van der Waals surface area contributed by atoms with Crippen molar-refractivity contribution in [2.24, 2.45) is 5.73 Å². The summed E-state index contributed by atoms with van der Waals surface area (Å²) in [5.74, 6) is 0.696. The van der Waals surface area contributed by atoms with E-state index >= 15 is 0 Å². The summed E-state index contributed by atoms with van der Waals surface area (Å²) in [5, 5.41) is 8.11. The Morgan fingerprint density at radius 1 is 1.26 bits per heavy atom. The molecule has 1 aromatic heterocycles. The van der Waals surface area contributed by atoms with Crippen LogP contribution in [0.1, 0.15) is 18.1 Å². The third-order valence-electron chi connectivity index (χ3n) is 2.88. The number of hydrogen-bond acceptors (Lipinski definition) is 4. The van der Waals surface area contributed by atoms with E-state index in [0.29, 0.717) is 10.8 Å². The molecule has 1 heterocycles. The highest BCUT2D eigenvalue weighted by Crippen LogP contribution is 2.25. The molecule has 19 heavy (non-hydrogen) atoms. The SMILES string of the molecule is CCN(c1ccc(C)cc1)c1nnccc1C(N)=S. The van der Waals surface area contributed by atoms with E-state index < -0.39 is 0 Å². The van der Waals surface area contributed by atoms with Crippen LogP contribution in [0, 0.1) is 6.92 Å². The van der Waals surface area contributed by atoms with Crippen LogP contribution in [-0.2, 0) is 0 Å². The van der Waals surface area contributed by atoms with Crippen molar-refractivity contribution in [1.82, 2.24) is 10.2 Å². The highest BCUT2D eigenvalue weighted by atomic mass is 32.1. The summed E-state index contributed by atoms with van der Waals surface area (Å²) in [6.45, 7) is 4.87. The molecule has 2 N–H and O–H groups in total. The fourth-order valence-electron chi connectivity index (χ4n) is 1.90. The van der Waals surface area contributed by atoms with Crippen LogP contribution in [0.3, 0.4) is 0 Å². The van der Waals surface area contributed by atoms with E-state index in [9.17, 15) is 0 Å². The van der Waals surface area contributed by atoms with Crippen LogP contribution in [0.4, 0.5) is 11.5 Å². The minimum atomic E-state index is 0.329. The number of aromatic nitrogens is 2. The molecule has 0 aliphatic carbocycles. The quantitative estimate of drug-likeness (QED) is 0.867. The summed E-state index contributed by atoms with van der Waals surface area (Å²) in [6, 6.07) is 10.0. The van der Waals surface area contributed by atoms with Gasteiger partial charge in [0.1, 0.15) is 4.99 Å². The van der Waals surface area contributed by atoms with Crippen molar-refractivity contribution in [3.05, 3.63) is 47.7 Å². The zero-order chi connectivity index (χ0) is 13.8. The normalized spacial score (nSPS) is 10.2. The summed E-state index contributed by atoms with van der Waals surface area (Å²) in [6.07, 6.45) is 1.60. The van der Waals surface area contributed by atoms with Crippen LogP contribution in [0.15, 0.2) is 36.5 Å². The Bertz CT molecular complexity index is 580. The zero-order valence-electron chi connectivity index (χ0n) is 11.0. The van der Waals surface area contributed by atoms with Crippen LogP contribution in [0.5, 0.6) is 0 Å². The summed E-state index contributed by atoms with van der Waals surface area (Å²) in [4.78, 5) is 2.37. The van der Waals surface area contributed by atoms with Crippen molar-refractivity contribution in [1.29, 1.82) is 0 Å². The highest BCUT2D eigenvalue weighted by molar-refractivity contribution is 7.80. The largest absolute Gasteiger partial charge is 0.389 e. The first-order valence-electron chi connectivity index (χ1n) is 6.09. The second-order valence-electron chi connectivity index (χ2n) is 4.21. The number of anilines is 2. The van der Waals surface area contributed by atoms with Crippen molar-refractivity contribution in [2.45, 2.75) is 13.8 Å². The van der Waals surface area contributed by atoms with E-state index in [1.165, 1.54) is 5.56 Å². The molecule has 0 bridgehead atoms. The molecule has 98 valence electrons. The fourth-order valence-corrected chi connectivity index (χ4v) is 2.05. The van der Waals surface area contributed by atoms with Crippen molar-refractivity contribution >= 4 is 28.7 Å². The number of benzene rings is 1. The maximum absolute atomic E-state index is 5.75. The second-order valence-corrected chi connectivity index (χ2v) is 4.65. The third kappa shape index (κ3) is 2.88. The van der Waals surface area contributed by atoms with Crippen LogP contribution < -0.4 is 10.6 Å². The molecule has 0 fully saturated rings. The van der Waals surface area contributed by atoms with Gasteiger partial charge in [0.15, 0.2) is 5.82 Å². The van der Waals surface area contributed by atoms with Gasteiger partial charge in [-0.15, -0.1) is 5.10 Å². The van der Waals surface area contributed by atoms with Crippen LogP contribution in [0.25, 0.3) is 0 Å². The van der Waals surface area contributed by atoms with E-state index in [2.05, 4.69) is 48.3 Å². The monoisotopic (exact) mass is 272 g/mol. The van der Waals surface area contributed by atoms with Crippen molar-refractivity contribution in [3.63, 3.8) is 0 Å². The standard InChI is InChI=1S/C14H16N4S/c1-3-18(11-6-4-10(2)5-7-11)14-12(13(15)19)8-9-16-17-14/h4-9H,3H2,1-2H3,(H2,15,19).